The van der Waals surface area contributed by atoms with E-state index in [2.05, 4.69) is 23.5 Å². The lowest BCUT2D eigenvalue weighted by Gasteiger charge is -2.13. The van der Waals surface area contributed by atoms with E-state index >= 15 is 0 Å². The number of likely N-dealkylation sites (N-methyl/N-ethyl adjacent to an activating group) is 1. The van der Waals surface area contributed by atoms with Crippen LogP contribution in [0.3, 0.4) is 0 Å². The van der Waals surface area contributed by atoms with E-state index in [1.54, 1.807) is 0 Å². The van der Waals surface area contributed by atoms with Crippen LogP contribution in [-0.4, -0.2) is 19.6 Å². The lowest BCUT2D eigenvalue weighted by Crippen LogP contribution is -2.23. The van der Waals surface area contributed by atoms with E-state index in [1.807, 2.05) is 7.05 Å². The van der Waals surface area contributed by atoms with Crippen molar-refractivity contribution in [3.8, 4) is 0 Å². The summed E-state index contributed by atoms with van der Waals surface area (Å²) < 4.78 is 0. The standard InChI is InChI=1S/C8H14N2/c1-10-8-4-2-7(6-9)3-5-8/h2-4,8,10H,5-6,9H2,1H3/t8-/m1/s1. The molecule has 0 aromatic heterocycles. The van der Waals surface area contributed by atoms with Crippen molar-refractivity contribution in [2.45, 2.75) is 12.5 Å². The van der Waals surface area contributed by atoms with E-state index < -0.39 is 0 Å². The summed E-state index contributed by atoms with van der Waals surface area (Å²) >= 11 is 0. The minimum Gasteiger partial charge on any atom is -0.327 e. The molecule has 1 atom stereocenters. The Bertz CT molecular complexity index is 159. The summed E-state index contributed by atoms with van der Waals surface area (Å²) in [5.41, 5.74) is 6.69. The molecule has 0 heterocycles. The van der Waals surface area contributed by atoms with Crippen LogP contribution in [0.2, 0.25) is 0 Å². The fourth-order valence-electron chi connectivity index (χ4n) is 1.03. The maximum Gasteiger partial charge on any atom is 0.0285 e. The second-order valence-electron chi connectivity index (χ2n) is 2.47. The van der Waals surface area contributed by atoms with Crippen molar-refractivity contribution in [2.24, 2.45) is 5.73 Å². The summed E-state index contributed by atoms with van der Waals surface area (Å²) in [6, 6.07) is 0.510. The first-order chi connectivity index (χ1) is 4.86. The van der Waals surface area contributed by atoms with E-state index in [9.17, 15) is 0 Å². The highest BCUT2D eigenvalue weighted by molar-refractivity contribution is 5.25. The fraction of sp³-hybridized carbons (Fsp3) is 0.500. The van der Waals surface area contributed by atoms with Crippen LogP contribution in [0.15, 0.2) is 23.8 Å². The Balaban J connectivity index is 2.46. The monoisotopic (exact) mass is 138 g/mol. The lowest BCUT2D eigenvalue weighted by molar-refractivity contribution is 0.668. The SMILES string of the molecule is CN[C@@H]1C=CC(CN)=CC1. The van der Waals surface area contributed by atoms with Gasteiger partial charge in [0.25, 0.3) is 0 Å². The summed E-state index contributed by atoms with van der Waals surface area (Å²) in [5.74, 6) is 0. The smallest absolute Gasteiger partial charge is 0.0285 e. The maximum absolute atomic E-state index is 5.45. The Hall–Kier alpha value is -0.600. The predicted molar refractivity (Wildman–Crippen MR) is 43.7 cm³/mol. The van der Waals surface area contributed by atoms with Gasteiger partial charge in [-0.15, -0.1) is 0 Å². The molecule has 0 fully saturated rings. The number of rotatable bonds is 2. The number of hydrogen-bond acceptors (Lipinski definition) is 2. The molecule has 0 spiro atoms. The molecule has 0 unspecified atom stereocenters. The third-order valence-corrected chi connectivity index (χ3v) is 1.78. The van der Waals surface area contributed by atoms with Crippen molar-refractivity contribution in [3.63, 3.8) is 0 Å². The highest BCUT2D eigenvalue weighted by Crippen LogP contribution is 2.08. The van der Waals surface area contributed by atoms with E-state index in [0.29, 0.717) is 12.6 Å². The minimum atomic E-state index is 0.510. The molecule has 0 aliphatic heterocycles. The Morgan fingerprint density at radius 2 is 2.60 bits per heavy atom. The van der Waals surface area contributed by atoms with Crippen LogP contribution in [-0.2, 0) is 0 Å². The summed E-state index contributed by atoms with van der Waals surface area (Å²) in [7, 11) is 1.97. The molecule has 2 heteroatoms. The van der Waals surface area contributed by atoms with Crippen LogP contribution in [0.4, 0.5) is 0 Å². The van der Waals surface area contributed by atoms with Crippen molar-refractivity contribution in [1.82, 2.24) is 5.32 Å². The highest BCUT2D eigenvalue weighted by atomic mass is 14.9. The van der Waals surface area contributed by atoms with Gasteiger partial charge < -0.3 is 11.1 Å². The van der Waals surface area contributed by atoms with E-state index in [0.717, 1.165) is 6.42 Å². The third kappa shape index (κ3) is 1.69. The second kappa shape index (κ2) is 3.54. The van der Waals surface area contributed by atoms with Gasteiger partial charge in [-0.25, -0.2) is 0 Å². The molecule has 0 aromatic carbocycles. The molecule has 3 N–H and O–H groups in total. The van der Waals surface area contributed by atoms with E-state index in [1.165, 1.54) is 5.57 Å². The van der Waals surface area contributed by atoms with Gasteiger partial charge in [0, 0.05) is 12.6 Å². The molecule has 1 aliphatic carbocycles. The number of hydrogen-bond donors (Lipinski definition) is 2. The lowest BCUT2D eigenvalue weighted by atomic mass is 10.0. The van der Waals surface area contributed by atoms with Gasteiger partial charge in [0.05, 0.1) is 0 Å². The Morgan fingerprint density at radius 1 is 1.80 bits per heavy atom. The van der Waals surface area contributed by atoms with Crippen LogP contribution in [0.1, 0.15) is 6.42 Å². The van der Waals surface area contributed by atoms with Crippen molar-refractivity contribution in [3.05, 3.63) is 23.8 Å². The maximum atomic E-state index is 5.45. The number of nitrogens with two attached hydrogens (primary N) is 1. The first kappa shape index (κ1) is 7.51. The molecule has 0 aromatic rings. The molecular weight excluding hydrogens is 124 g/mol. The van der Waals surface area contributed by atoms with Gasteiger partial charge in [0.15, 0.2) is 0 Å². The fourth-order valence-corrected chi connectivity index (χ4v) is 1.03. The molecule has 0 saturated heterocycles. The summed E-state index contributed by atoms with van der Waals surface area (Å²) in [6.07, 6.45) is 7.49. The quantitative estimate of drug-likeness (QED) is 0.580. The normalized spacial score (nSPS) is 24.6. The molecule has 0 saturated carbocycles. The van der Waals surface area contributed by atoms with Gasteiger partial charge in [-0.05, 0) is 19.0 Å². The molecule has 0 amide bonds. The van der Waals surface area contributed by atoms with Crippen molar-refractivity contribution in [1.29, 1.82) is 0 Å². The first-order valence-electron chi connectivity index (χ1n) is 3.61. The molecule has 2 nitrogen and oxygen atoms in total. The van der Waals surface area contributed by atoms with Gasteiger partial charge in [0.1, 0.15) is 0 Å². The van der Waals surface area contributed by atoms with Crippen molar-refractivity contribution >= 4 is 0 Å². The molecule has 56 valence electrons. The Kier molecular flexibility index (Phi) is 2.66. The van der Waals surface area contributed by atoms with Crippen LogP contribution in [0, 0.1) is 0 Å². The van der Waals surface area contributed by atoms with Gasteiger partial charge in [-0.1, -0.05) is 18.2 Å². The van der Waals surface area contributed by atoms with Crippen molar-refractivity contribution < 1.29 is 0 Å². The minimum absolute atomic E-state index is 0.510. The largest absolute Gasteiger partial charge is 0.327 e. The van der Waals surface area contributed by atoms with Crippen LogP contribution < -0.4 is 11.1 Å². The third-order valence-electron chi connectivity index (χ3n) is 1.78. The van der Waals surface area contributed by atoms with Crippen LogP contribution in [0.25, 0.3) is 0 Å². The number of nitrogens with one attached hydrogen (secondary N) is 1. The average Bonchev–Trinajstić information content (AvgIpc) is 2.05. The molecule has 0 radical (unpaired) electrons. The molecule has 1 aliphatic rings. The summed E-state index contributed by atoms with van der Waals surface area (Å²) in [6.45, 7) is 0.660. The first-order valence-corrected chi connectivity index (χ1v) is 3.61. The van der Waals surface area contributed by atoms with Crippen LogP contribution in [0.5, 0.6) is 0 Å². The van der Waals surface area contributed by atoms with Gasteiger partial charge in [-0.2, -0.15) is 0 Å². The summed E-state index contributed by atoms with van der Waals surface area (Å²) in [4.78, 5) is 0. The summed E-state index contributed by atoms with van der Waals surface area (Å²) in [5, 5.41) is 3.18. The van der Waals surface area contributed by atoms with Gasteiger partial charge in [0.2, 0.25) is 0 Å². The van der Waals surface area contributed by atoms with Gasteiger partial charge in [-0.3, -0.25) is 0 Å². The molecule has 0 bridgehead atoms. The highest BCUT2D eigenvalue weighted by Gasteiger charge is 2.03. The van der Waals surface area contributed by atoms with Crippen molar-refractivity contribution in [2.75, 3.05) is 13.6 Å². The Labute approximate surface area is 61.8 Å². The Morgan fingerprint density at radius 3 is 3.00 bits per heavy atom. The zero-order valence-corrected chi connectivity index (χ0v) is 6.30. The molecule has 10 heavy (non-hydrogen) atoms. The molecular formula is C8H14N2. The van der Waals surface area contributed by atoms with E-state index in [-0.39, 0.29) is 0 Å². The average molecular weight is 138 g/mol. The topological polar surface area (TPSA) is 38.0 Å². The predicted octanol–water partition coefficient (Wildman–Crippen LogP) is 0.419. The zero-order chi connectivity index (χ0) is 7.40. The second-order valence-corrected chi connectivity index (χ2v) is 2.47. The zero-order valence-electron chi connectivity index (χ0n) is 6.30. The van der Waals surface area contributed by atoms with Crippen LogP contribution >= 0.6 is 0 Å². The van der Waals surface area contributed by atoms with E-state index in [4.69, 9.17) is 5.73 Å². The molecule has 1 rings (SSSR count). The van der Waals surface area contributed by atoms with Gasteiger partial charge >= 0.3 is 0 Å².